The predicted molar refractivity (Wildman–Crippen MR) is 183 cm³/mol. The minimum absolute atomic E-state index is 0.0820. The van der Waals surface area contributed by atoms with E-state index in [0.717, 1.165) is 17.7 Å². The van der Waals surface area contributed by atoms with Crippen LogP contribution in [0.3, 0.4) is 0 Å². The van der Waals surface area contributed by atoms with Crippen molar-refractivity contribution in [1.82, 2.24) is 11.0 Å². The maximum Gasteiger partial charge on any atom is 0.276 e. The summed E-state index contributed by atoms with van der Waals surface area (Å²) in [5.41, 5.74) is 3.28. The maximum atomic E-state index is 14.1. The Labute approximate surface area is 296 Å². The average molecular weight is 982 g/mol. The molecule has 0 atom stereocenters. The Morgan fingerprint density at radius 2 is 1.30 bits per heavy atom. The average Bonchev–Trinajstić information content (AvgIpc) is 2.99. The number of anilines is 4. The van der Waals surface area contributed by atoms with Gasteiger partial charge in [-0.05, 0) is 126 Å². The van der Waals surface area contributed by atoms with Crippen molar-refractivity contribution < 1.29 is 33.7 Å². The van der Waals surface area contributed by atoms with Gasteiger partial charge in [0.2, 0.25) is 0 Å². The van der Waals surface area contributed by atoms with Crippen molar-refractivity contribution in [2.75, 3.05) is 10.6 Å². The number of hydrogen-bond donors (Lipinski definition) is 6. The molecule has 230 valence electrons. The van der Waals surface area contributed by atoms with E-state index in [1.54, 1.807) is 24.3 Å². The van der Waals surface area contributed by atoms with Gasteiger partial charge in [0.05, 0.1) is 43.8 Å². The van der Waals surface area contributed by atoms with Crippen LogP contribution in [0.2, 0.25) is 5.02 Å². The van der Waals surface area contributed by atoms with E-state index in [0.29, 0.717) is 15.8 Å². The minimum Gasteiger partial charge on any atom is -0.354 e. The Kier molecular flexibility index (Phi) is 13.0. The first-order chi connectivity index (χ1) is 20.8. The van der Waals surface area contributed by atoms with E-state index in [1.807, 2.05) is 12.1 Å². The SMILES string of the molecule is O=C(NO)c1cc(Cl)c(F)c(F)c1Nc1ccc(I)cc1Br.O=C(NO)c1ccc([N+](=O)[O-])cc1Nc1ccc(I)cc1Br. The summed E-state index contributed by atoms with van der Waals surface area (Å²) in [5, 5.41) is 33.4. The number of halogens is 7. The molecule has 0 saturated carbocycles. The van der Waals surface area contributed by atoms with Crippen molar-refractivity contribution in [3.8, 4) is 0 Å². The van der Waals surface area contributed by atoms with Crippen LogP contribution in [-0.4, -0.2) is 27.2 Å². The first-order valence-electron chi connectivity index (χ1n) is 11.6. The summed E-state index contributed by atoms with van der Waals surface area (Å²) in [4.78, 5) is 33.6. The van der Waals surface area contributed by atoms with Crippen molar-refractivity contribution in [1.29, 1.82) is 0 Å². The smallest absolute Gasteiger partial charge is 0.276 e. The number of carbonyl (C=O) groups is 2. The van der Waals surface area contributed by atoms with Gasteiger partial charge in [0, 0.05) is 28.2 Å². The Bertz CT molecular complexity index is 1770. The molecule has 0 aromatic heterocycles. The number of non-ortho nitro benzene ring substituents is 1. The summed E-state index contributed by atoms with van der Waals surface area (Å²) in [5.74, 6) is -4.40. The molecule has 0 unspecified atom stereocenters. The zero-order chi connectivity index (χ0) is 32.7. The number of benzene rings is 4. The number of hydroxylamine groups is 2. The van der Waals surface area contributed by atoms with Gasteiger partial charge in [-0.2, -0.15) is 0 Å². The number of nitro benzene ring substituents is 1. The fourth-order valence-corrected chi connectivity index (χ4v) is 6.41. The van der Waals surface area contributed by atoms with Gasteiger partial charge < -0.3 is 10.6 Å². The van der Waals surface area contributed by atoms with Crippen LogP contribution in [0.4, 0.5) is 37.2 Å². The lowest BCUT2D eigenvalue weighted by molar-refractivity contribution is -0.384. The van der Waals surface area contributed by atoms with Crippen molar-refractivity contribution in [3.63, 3.8) is 0 Å². The molecule has 0 bridgehead atoms. The fourth-order valence-electron chi connectivity index (χ4n) is 3.43. The highest BCUT2D eigenvalue weighted by molar-refractivity contribution is 14.1. The molecule has 0 radical (unpaired) electrons. The summed E-state index contributed by atoms with van der Waals surface area (Å²) >= 11 is 16.4. The van der Waals surface area contributed by atoms with Gasteiger partial charge in [-0.25, -0.2) is 19.7 Å². The highest BCUT2D eigenvalue weighted by Gasteiger charge is 2.23. The molecule has 0 aliphatic heterocycles. The number of carbonyl (C=O) groups excluding carboxylic acids is 2. The van der Waals surface area contributed by atoms with E-state index in [2.05, 4.69) is 87.7 Å². The van der Waals surface area contributed by atoms with E-state index < -0.39 is 39.1 Å². The Morgan fingerprint density at radius 1 is 0.773 bits per heavy atom. The third kappa shape index (κ3) is 8.95. The molecule has 0 fully saturated rings. The van der Waals surface area contributed by atoms with Crippen LogP contribution in [0.1, 0.15) is 20.7 Å². The van der Waals surface area contributed by atoms with E-state index in [9.17, 15) is 28.5 Å². The Balaban J connectivity index is 0.000000240. The number of rotatable bonds is 7. The summed E-state index contributed by atoms with van der Waals surface area (Å²) in [6.45, 7) is 0. The zero-order valence-electron chi connectivity index (χ0n) is 21.4. The highest BCUT2D eigenvalue weighted by Crippen LogP contribution is 2.34. The molecule has 44 heavy (non-hydrogen) atoms. The lowest BCUT2D eigenvalue weighted by Crippen LogP contribution is -2.21. The third-order valence-corrected chi connectivity index (χ3v) is 8.39. The minimum atomic E-state index is -1.32. The lowest BCUT2D eigenvalue weighted by atomic mass is 10.1. The zero-order valence-corrected chi connectivity index (χ0v) is 29.6. The van der Waals surface area contributed by atoms with Crippen LogP contribution < -0.4 is 21.6 Å². The number of hydrogen-bond acceptors (Lipinski definition) is 8. The van der Waals surface area contributed by atoms with E-state index >= 15 is 0 Å². The molecule has 0 aliphatic carbocycles. The van der Waals surface area contributed by atoms with E-state index in [-0.39, 0.29) is 22.5 Å². The molecular weight excluding hydrogens is 965 g/mol. The predicted octanol–water partition coefficient (Wildman–Crippen LogP) is 8.67. The van der Waals surface area contributed by atoms with E-state index in [1.165, 1.54) is 29.2 Å². The highest BCUT2D eigenvalue weighted by atomic mass is 127. The van der Waals surface area contributed by atoms with Crippen molar-refractivity contribution in [2.24, 2.45) is 0 Å². The maximum absolute atomic E-state index is 14.1. The molecule has 0 spiro atoms. The molecule has 2 amide bonds. The third-order valence-electron chi connectivity index (χ3n) is 5.46. The van der Waals surface area contributed by atoms with Gasteiger partial charge in [0.1, 0.15) is 0 Å². The van der Waals surface area contributed by atoms with Gasteiger partial charge in [0.15, 0.2) is 11.6 Å². The van der Waals surface area contributed by atoms with Crippen LogP contribution in [-0.2, 0) is 0 Å². The molecule has 4 aromatic rings. The van der Waals surface area contributed by atoms with Crippen molar-refractivity contribution in [2.45, 2.75) is 0 Å². The molecule has 4 rings (SSSR count). The molecule has 0 heterocycles. The van der Waals surface area contributed by atoms with Gasteiger partial charge in [-0.3, -0.25) is 30.1 Å². The van der Waals surface area contributed by atoms with Crippen LogP contribution in [0.5, 0.6) is 0 Å². The largest absolute Gasteiger partial charge is 0.354 e. The quantitative estimate of drug-likeness (QED) is 0.0352. The van der Waals surface area contributed by atoms with Crippen LogP contribution >= 0.6 is 88.6 Å². The number of nitrogens with zero attached hydrogens (tertiary/aromatic N) is 1. The van der Waals surface area contributed by atoms with E-state index in [4.69, 9.17) is 22.0 Å². The number of amides is 2. The fraction of sp³-hybridized carbons (Fsp3) is 0. The van der Waals surface area contributed by atoms with Gasteiger partial charge >= 0.3 is 0 Å². The molecule has 11 nitrogen and oxygen atoms in total. The second kappa shape index (κ2) is 16.0. The summed E-state index contributed by atoms with van der Waals surface area (Å²) < 4.78 is 31.0. The summed E-state index contributed by atoms with van der Waals surface area (Å²) in [6.07, 6.45) is 0. The molecule has 0 saturated heterocycles. The lowest BCUT2D eigenvalue weighted by Gasteiger charge is -2.14. The van der Waals surface area contributed by atoms with Gasteiger partial charge in [-0.1, -0.05) is 11.6 Å². The van der Waals surface area contributed by atoms with Crippen LogP contribution in [0.25, 0.3) is 0 Å². The Morgan fingerprint density at radius 3 is 1.80 bits per heavy atom. The van der Waals surface area contributed by atoms with Crippen LogP contribution in [0.15, 0.2) is 69.6 Å². The molecular formula is C26H16Br2ClF2I2N5O6. The normalized spacial score (nSPS) is 10.3. The second-order valence-corrected chi connectivity index (χ2v) is 12.9. The summed E-state index contributed by atoms with van der Waals surface area (Å²) in [6, 6.07) is 15.2. The van der Waals surface area contributed by atoms with Crippen molar-refractivity contribution in [3.05, 3.63) is 115 Å². The summed E-state index contributed by atoms with van der Waals surface area (Å²) in [7, 11) is 0. The standard InChI is InChI=1S/C13H7BrClF2IN2O2.C13H9BrIN3O4/c14-7-3-5(18)1-2-9(7)19-12-6(13(21)20-22)4-8(15)10(16)11(12)17;14-10-5-7(15)1-4-11(10)16-12-6-8(18(21)22)2-3-9(12)13(19)17-20/h1-4,19,22H,(H,20,21);1-6,16,20H,(H,17,19). The van der Waals surface area contributed by atoms with Crippen LogP contribution in [0, 0.1) is 28.9 Å². The Hall–Kier alpha value is -2.69. The van der Waals surface area contributed by atoms with Crippen molar-refractivity contribution >= 4 is 129 Å². The van der Waals surface area contributed by atoms with Gasteiger partial charge in [-0.15, -0.1) is 0 Å². The monoisotopic (exact) mass is 979 g/mol. The molecule has 6 N–H and O–H groups in total. The first kappa shape index (κ1) is 35.8. The van der Waals surface area contributed by atoms with Gasteiger partial charge in [0.25, 0.3) is 17.5 Å². The topological polar surface area (TPSA) is 166 Å². The molecule has 0 aliphatic rings. The molecule has 4 aromatic carbocycles. The second-order valence-electron chi connectivity index (χ2n) is 8.28. The number of nitro groups is 1. The molecule has 18 heteroatoms. The number of nitrogens with one attached hydrogen (secondary N) is 4. The first-order valence-corrected chi connectivity index (χ1v) is 15.7.